The van der Waals surface area contributed by atoms with Crippen molar-refractivity contribution < 1.29 is 34.3 Å². The van der Waals surface area contributed by atoms with Crippen molar-refractivity contribution in [1.29, 1.82) is 0 Å². The van der Waals surface area contributed by atoms with E-state index in [1.165, 1.54) is 12.1 Å². The molecule has 0 aliphatic carbocycles. The first-order valence-corrected chi connectivity index (χ1v) is 9.35. The molecule has 0 radical (unpaired) electrons. The van der Waals surface area contributed by atoms with E-state index in [-0.39, 0.29) is 38.0 Å². The topological polar surface area (TPSA) is 117 Å². The molecule has 1 aliphatic rings. The van der Waals surface area contributed by atoms with Crippen molar-refractivity contribution in [1.82, 2.24) is 5.32 Å². The van der Waals surface area contributed by atoms with E-state index in [1.54, 1.807) is 36.4 Å². The van der Waals surface area contributed by atoms with E-state index in [9.17, 15) is 20.1 Å². The summed E-state index contributed by atoms with van der Waals surface area (Å²) < 4.78 is 16.9. The molecule has 0 saturated carbocycles. The van der Waals surface area contributed by atoms with Gasteiger partial charge in [-0.05, 0) is 43.3 Å². The summed E-state index contributed by atoms with van der Waals surface area (Å²) in [6, 6.07) is 12.9. The van der Waals surface area contributed by atoms with Crippen LogP contribution in [0.25, 0.3) is 0 Å². The van der Waals surface area contributed by atoms with Gasteiger partial charge in [0, 0.05) is 19.0 Å². The lowest BCUT2D eigenvalue weighted by Gasteiger charge is -2.36. The van der Waals surface area contributed by atoms with Gasteiger partial charge in [0.1, 0.15) is 30.8 Å². The van der Waals surface area contributed by atoms with Crippen LogP contribution in [0.15, 0.2) is 48.5 Å². The van der Waals surface area contributed by atoms with Crippen molar-refractivity contribution in [3.63, 3.8) is 0 Å². The second kappa shape index (κ2) is 9.02. The smallest absolute Gasteiger partial charge is 0.351 e. The van der Waals surface area contributed by atoms with Gasteiger partial charge in [0.15, 0.2) is 11.5 Å². The zero-order valence-corrected chi connectivity index (χ0v) is 16.1. The SMILES string of the molecule is C[C@H](C[C@]1(C(=O)O)COc2ccccc2O1)NC[C@H](O)COc1ccc(O)cc1. The molecule has 0 bridgehead atoms. The maximum atomic E-state index is 11.9. The molecule has 0 unspecified atom stereocenters. The average molecular weight is 403 g/mol. The molecule has 1 heterocycles. The molecule has 4 N–H and O–H groups in total. The summed E-state index contributed by atoms with van der Waals surface area (Å²) >= 11 is 0. The van der Waals surface area contributed by atoms with Crippen LogP contribution < -0.4 is 19.5 Å². The number of benzene rings is 2. The molecule has 0 fully saturated rings. The molecular formula is C21H25NO7. The largest absolute Gasteiger partial charge is 0.508 e. The van der Waals surface area contributed by atoms with E-state index < -0.39 is 17.7 Å². The number of aliphatic carboxylic acids is 1. The average Bonchev–Trinajstić information content (AvgIpc) is 2.71. The number of hydrogen-bond donors (Lipinski definition) is 4. The number of aromatic hydroxyl groups is 1. The van der Waals surface area contributed by atoms with E-state index in [0.29, 0.717) is 17.2 Å². The van der Waals surface area contributed by atoms with Crippen molar-refractivity contribution in [2.75, 3.05) is 19.8 Å². The summed E-state index contributed by atoms with van der Waals surface area (Å²) in [5.74, 6) is 0.489. The Balaban J connectivity index is 1.50. The monoisotopic (exact) mass is 403 g/mol. The molecule has 8 heteroatoms. The number of carbonyl (C=O) groups is 1. The van der Waals surface area contributed by atoms with Crippen LogP contribution in [0, 0.1) is 0 Å². The highest BCUT2D eigenvalue weighted by Gasteiger charge is 2.46. The fraction of sp³-hybridized carbons (Fsp3) is 0.381. The third kappa shape index (κ3) is 5.30. The summed E-state index contributed by atoms with van der Waals surface area (Å²) in [6.45, 7) is 1.99. The normalized spacial score (nSPS) is 19.9. The maximum absolute atomic E-state index is 11.9. The summed E-state index contributed by atoms with van der Waals surface area (Å²) in [5, 5.41) is 32.2. The summed E-state index contributed by atoms with van der Waals surface area (Å²) in [4.78, 5) is 11.9. The second-order valence-electron chi connectivity index (χ2n) is 7.11. The third-order valence-corrected chi connectivity index (χ3v) is 4.62. The lowest BCUT2D eigenvalue weighted by atomic mass is 9.94. The van der Waals surface area contributed by atoms with Gasteiger partial charge in [0.2, 0.25) is 5.60 Å². The number of ether oxygens (including phenoxy) is 3. The van der Waals surface area contributed by atoms with Gasteiger partial charge in [0.25, 0.3) is 0 Å². The number of carboxylic acids is 1. The fourth-order valence-electron chi connectivity index (χ4n) is 3.08. The van der Waals surface area contributed by atoms with Gasteiger partial charge in [-0.2, -0.15) is 0 Å². The van der Waals surface area contributed by atoms with Gasteiger partial charge < -0.3 is 34.8 Å². The van der Waals surface area contributed by atoms with E-state index in [0.717, 1.165) is 0 Å². The standard InChI is InChI=1S/C21H25NO7/c1-14(22-11-16(24)12-27-17-8-6-15(23)7-9-17)10-21(20(25)26)13-28-18-4-2-3-5-19(18)29-21/h2-9,14,16,22-24H,10-13H2,1H3,(H,25,26)/t14-,16+,21-/m1/s1. The number of rotatable bonds is 9. The van der Waals surface area contributed by atoms with Gasteiger partial charge in [-0.15, -0.1) is 0 Å². The number of aliphatic hydroxyl groups excluding tert-OH is 1. The number of hydrogen-bond acceptors (Lipinski definition) is 7. The highest BCUT2D eigenvalue weighted by Crippen LogP contribution is 2.36. The number of phenolic OH excluding ortho intramolecular Hbond substituents is 1. The lowest BCUT2D eigenvalue weighted by Crippen LogP contribution is -2.55. The van der Waals surface area contributed by atoms with Crippen LogP contribution in [0.5, 0.6) is 23.0 Å². The minimum absolute atomic E-state index is 0.0571. The Morgan fingerprint density at radius 2 is 1.90 bits per heavy atom. The third-order valence-electron chi connectivity index (χ3n) is 4.62. The van der Waals surface area contributed by atoms with Gasteiger partial charge in [0.05, 0.1) is 0 Å². The summed E-state index contributed by atoms with van der Waals surface area (Å²) in [7, 11) is 0. The number of fused-ring (bicyclic) bond motifs is 1. The Labute approximate surface area is 168 Å². The van der Waals surface area contributed by atoms with Crippen LogP contribution in [-0.4, -0.2) is 58.8 Å². The van der Waals surface area contributed by atoms with Crippen LogP contribution in [0.2, 0.25) is 0 Å². The van der Waals surface area contributed by atoms with Crippen molar-refractivity contribution >= 4 is 5.97 Å². The minimum Gasteiger partial charge on any atom is -0.508 e. The molecule has 2 aromatic rings. The Kier molecular flexibility index (Phi) is 6.46. The van der Waals surface area contributed by atoms with Crippen LogP contribution >= 0.6 is 0 Å². The van der Waals surface area contributed by atoms with Crippen molar-refractivity contribution in [3.05, 3.63) is 48.5 Å². The molecule has 3 atom stereocenters. The number of para-hydroxylation sites is 2. The molecule has 0 saturated heterocycles. The molecule has 2 aromatic carbocycles. The maximum Gasteiger partial charge on any atom is 0.351 e. The molecule has 0 aromatic heterocycles. The van der Waals surface area contributed by atoms with E-state index in [1.807, 2.05) is 6.92 Å². The van der Waals surface area contributed by atoms with Crippen molar-refractivity contribution in [3.8, 4) is 23.0 Å². The Morgan fingerprint density at radius 3 is 2.59 bits per heavy atom. The highest BCUT2D eigenvalue weighted by atomic mass is 16.6. The first-order chi connectivity index (χ1) is 13.9. The number of nitrogens with one attached hydrogen (secondary N) is 1. The molecule has 0 spiro atoms. The molecular weight excluding hydrogens is 378 g/mol. The van der Waals surface area contributed by atoms with E-state index >= 15 is 0 Å². The number of carboxylic acid groups (broad SMARTS) is 1. The minimum atomic E-state index is -1.51. The first kappa shape index (κ1) is 20.8. The zero-order valence-electron chi connectivity index (χ0n) is 16.1. The predicted molar refractivity (Wildman–Crippen MR) is 105 cm³/mol. The van der Waals surface area contributed by atoms with E-state index in [4.69, 9.17) is 14.2 Å². The van der Waals surface area contributed by atoms with E-state index in [2.05, 4.69) is 5.32 Å². The molecule has 3 rings (SSSR count). The Morgan fingerprint density at radius 1 is 1.21 bits per heavy atom. The molecule has 8 nitrogen and oxygen atoms in total. The first-order valence-electron chi connectivity index (χ1n) is 9.35. The predicted octanol–water partition coefficient (Wildman–Crippen LogP) is 1.79. The zero-order chi connectivity index (χ0) is 20.9. The fourth-order valence-corrected chi connectivity index (χ4v) is 3.08. The Hall–Kier alpha value is -2.97. The molecule has 29 heavy (non-hydrogen) atoms. The quantitative estimate of drug-likeness (QED) is 0.501. The van der Waals surface area contributed by atoms with Crippen LogP contribution in [0.1, 0.15) is 13.3 Å². The highest BCUT2D eigenvalue weighted by molar-refractivity contribution is 5.79. The molecule has 1 aliphatic heterocycles. The Bertz CT molecular complexity index is 826. The van der Waals surface area contributed by atoms with Gasteiger partial charge in [-0.3, -0.25) is 0 Å². The van der Waals surface area contributed by atoms with Gasteiger partial charge in [-0.25, -0.2) is 4.79 Å². The van der Waals surface area contributed by atoms with Crippen molar-refractivity contribution in [2.45, 2.75) is 31.1 Å². The van der Waals surface area contributed by atoms with Gasteiger partial charge >= 0.3 is 5.97 Å². The van der Waals surface area contributed by atoms with Crippen molar-refractivity contribution in [2.24, 2.45) is 0 Å². The number of aliphatic hydroxyl groups is 1. The van der Waals surface area contributed by atoms with Crippen LogP contribution in [-0.2, 0) is 4.79 Å². The molecule has 0 amide bonds. The lowest BCUT2D eigenvalue weighted by molar-refractivity contribution is -0.162. The van der Waals surface area contributed by atoms with Crippen LogP contribution in [0.4, 0.5) is 0 Å². The molecule has 156 valence electrons. The van der Waals surface area contributed by atoms with Crippen LogP contribution in [0.3, 0.4) is 0 Å². The second-order valence-corrected chi connectivity index (χ2v) is 7.11. The summed E-state index contributed by atoms with van der Waals surface area (Å²) in [5.41, 5.74) is -1.51. The number of phenols is 1. The van der Waals surface area contributed by atoms with Gasteiger partial charge in [-0.1, -0.05) is 12.1 Å². The summed E-state index contributed by atoms with van der Waals surface area (Å²) in [6.07, 6.45) is -0.640.